The number of rotatable bonds is 3. The van der Waals surface area contributed by atoms with E-state index < -0.39 is 0 Å². The molecule has 0 amide bonds. The van der Waals surface area contributed by atoms with Gasteiger partial charge in [-0.1, -0.05) is 31.1 Å². The van der Waals surface area contributed by atoms with E-state index in [0.29, 0.717) is 0 Å². The predicted octanol–water partition coefficient (Wildman–Crippen LogP) is 3.37. The van der Waals surface area contributed by atoms with Crippen LogP contribution in [0.3, 0.4) is 0 Å². The second kappa shape index (κ2) is 4.08. The molecule has 2 fully saturated rings. The molecule has 2 saturated carbocycles. The van der Waals surface area contributed by atoms with E-state index in [1.807, 2.05) is 0 Å². The van der Waals surface area contributed by atoms with Gasteiger partial charge in [-0.3, -0.25) is 0 Å². The van der Waals surface area contributed by atoms with Crippen molar-refractivity contribution in [3.8, 4) is 11.8 Å². The molecular formula is C15H24O. The highest BCUT2D eigenvalue weighted by molar-refractivity contribution is 5.16. The maximum Gasteiger partial charge on any atom is 0.120 e. The first-order valence-electron chi connectivity index (χ1n) is 6.62. The molecule has 1 atom stereocenters. The fraction of sp³-hybridized carbons (Fsp3) is 0.867. The van der Waals surface area contributed by atoms with Crippen LogP contribution in [0.1, 0.15) is 59.3 Å². The molecule has 0 aromatic rings. The molecule has 0 bridgehead atoms. The van der Waals surface area contributed by atoms with Crippen molar-refractivity contribution in [1.29, 1.82) is 0 Å². The Morgan fingerprint density at radius 2 is 1.94 bits per heavy atom. The smallest absolute Gasteiger partial charge is 0.120 e. The lowest BCUT2D eigenvalue weighted by Gasteiger charge is -2.44. The summed E-state index contributed by atoms with van der Waals surface area (Å²) in [6.07, 6.45) is 7.23. The van der Waals surface area contributed by atoms with E-state index in [-0.39, 0.29) is 16.9 Å². The number of aliphatic hydroxyl groups is 1. The zero-order chi connectivity index (χ0) is 11.8. The van der Waals surface area contributed by atoms with Gasteiger partial charge in [0, 0.05) is 10.8 Å². The highest BCUT2D eigenvalue weighted by Gasteiger charge is 2.46. The minimum atomic E-state index is -0.388. The quantitative estimate of drug-likeness (QED) is 0.723. The molecule has 16 heavy (non-hydrogen) atoms. The monoisotopic (exact) mass is 220 g/mol. The van der Waals surface area contributed by atoms with E-state index in [4.69, 9.17) is 0 Å². The molecule has 0 aromatic heterocycles. The fourth-order valence-corrected chi connectivity index (χ4v) is 2.55. The molecule has 1 nitrogen and oxygen atoms in total. The number of hydrogen-bond donors (Lipinski definition) is 1. The third-order valence-corrected chi connectivity index (χ3v) is 3.91. The van der Waals surface area contributed by atoms with Gasteiger partial charge in [-0.25, -0.2) is 0 Å². The first kappa shape index (κ1) is 12.0. The molecule has 1 heteroatoms. The van der Waals surface area contributed by atoms with Crippen LogP contribution in [-0.4, -0.2) is 11.2 Å². The van der Waals surface area contributed by atoms with Crippen LogP contribution in [0, 0.1) is 28.6 Å². The largest absolute Gasteiger partial charge is 0.380 e. The van der Waals surface area contributed by atoms with E-state index in [1.54, 1.807) is 0 Å². The first-order chi connectivity index (χ1) is 7.41. The van der Waals surface area contributed by atoms with Crippen LogP contribution in [0.2, 0.25) is 0 Å². The summed E-state index contributed by atoms with van der Waals surface area (Å²) in [4.78, 5) is 0. The Morgan fingerprint density at radius 1 is 1.31 bits per heavy atom. The Morgan fingerprint density at radius 3 is 2.31 bits per heavy atom. The Hall–Kier alpha value is -0.480. The molecule has 2 rings (SSSR count). The third kappa shape index (κ3) is 2.80. The van der Waals surface area contributed by atoms with Crippen LogP contribution in [0.25, 0.3) is 0 Å². The summed E-state index contributed by atoms with van der Waals surface area (Å²) in [5.74, 6) is 7.19. The van der Waals surface area contributed by atoms with E-state index in [9.17, 15) is 5.11 Å². The van der Waals surface area contributed by atoms with Gasteiger partial charge in [0.1, 0.15) is 6.10 Å². The van der Waals surface area contributed by atoms with Gasteiger partial charge < -0.3 is 5.11 Å². The molecule has 0 saturated heterocycles. The van der Waals surface area contributed by atoms with Crippen LogP contribution >= 0.6 is 0 Å². The standard InChI is InChI=1S/C15H24O/c1-14(2,3)10-7-13(16)15(8-4-9-15)11-12-5-6-12/h12-13,16H,4-6,8-9,11H2,1-3H3. The highest BCUT2D eigenvalue weighted by atomic mass is 16.3. The molecular weight excluding hydrogens is 196 g/mol. The highest BCUT2D eigenvalue weighted by Crippen LogP contribution is 2.53. The fourth-order valence-electron chi connectivity index (χ4n) is 2.55. The molecule has 2 aliphatic carbocycles. The Labute approximate surface area is 99.6 Å². The van der Waals surface area contributed by atoms with Crippen molar-refractivity contribution in [3.05, 3.63) is 0 Å². The maximum atomic E-state index is 10.3. The van der Waals surface area contributed by atoms with E-state index in [2.05, 4.69) is 32.6 Å². The predicted molar refractivity (Wildman–Crippen MR) is 66.9 cm³/mol. The van der Waals surface area contributed by atoms with Crippen molar-refractivity contribution >= 4 is 0 Å². The molecule has 0 radical (unpaired) electrons. The van der Waals surface area contributed by atoms with Gasteiger partial charge in [0.25, 0.3) is 0 Å². The van der Waals surface area contributed by atoms with Gasteiger partial charge in [0.2, 0.25) is 0 Å². The van der Waals surface area contributed by atoms with Crippen molar-refractivity contribution in [2.45, 2.75) is 65.4 Å². The average Bonchev–Trinajstić information content (AvgIpc) is 2.89. The summed E-state index contributed by atoms with van der Waals surface area (Å²) in [7, 11) is 0. The van der Waals surface area contributed by atoms with Gasteiger partial charge in [0.15, 0.2) is 0 Å². The van der Waals surface area contributed by atoms with E-state index in [1.165, 1.54) is 38.5 Å². The first-order valence-corrected chi connectivity index (χ1v) is 6.62. The van der Waals surface area contributed by atoms with Crippen LogP contribution in [0.15, 0.2) is 0 Å². The van der Waals surface area contributed by atoms with Gasteiger partial charge >= 0.3 is 0 Å². The summed E-state index contributed by atoms with van der Waals surface area (Å²) in [6.45, 7) is 6.29. The normalized spacial score (nSPS) is 25.2. The second-order valence-corrected chi connectivity index (χ2v) is 6.79. The topological polar surface area (TPSA) is 20.2 Å². The summed E-state index contributed by atoms with van der Waals surface area (Å²) in [5.41, 5.74) is 0.172. The lowest BCUT2D eigenvalue weighted by atomic mass is 9.62. The average molecular weight is 220 g/mol. The van der Waals surface area contributed by atoms with Crippen molar-refractivity contribution in [3.63, 3.8) is 0 Å². The summed E-state index contributed by atoms with van der Waals surface area (Å²) < 4.78 is 0. The van der Waals surface area contributed by atoms with Gasteiger partial charge in [-0.15, -0.1) is 0 Å². The van der Waals surface area contributed by atoms with Gasteiger partial charge in [0.05, 0.1) is 0 Å². The van der Waals surface area contributed by atoms with Crippen LogP contribution in [0.5, 0.6) is 0 Å². The molecule has 1 N–H and O–H groups in total. The second-order valence-electron chi connectivity index (χ2n) is 6.79. The van der Waals surface area contributed by atoms with Crippen molar-refractivity contribution in [2.24, 2.45) is 16.7 Å². The SMILES string of the molecule is CC(C)(C)C#CC(O)C1(CC2CC2)CCC1. The molecule has 0 aromatic carbocycles. The molecule has 1 unspecified atom stereocenters. The maximum absolute atomic E-state index is 10.3. The summed E-state index contributed by atoms with van der Waals surface area (Å²) in [6, 6.07) is 0. The van der Waals surface area contributed by atoms with E-state index >= 15 is 0 Å². The Kier molecular flexibility index (Phi) is 3.05. The molecule has 0 spiro atoms. The van der Waals surface area contributed by atoms with Crippen LogP contribution < -0.4 is 0 Å². The number of hydrogen-bond acceptors (Lipinski definition) is 1. The Balaban J connectivity index is 1.99. The van der Waals surface area contributed by atoms with E-state index in [0.717, 1.165) is 5.92 Å². The number of aliphatic hydroxyl groups excluding tert-OH is 1. The van der Waals surface area contributed by atoms with Crippen molar-refractivity contribution < 1.29 is 5.11 Å². The van der Waals surface area contributed by atoms with Crippen LogP contribution in [0.4, 0.5) is 0 Å². The molecule has 0 aliphatic heterocycles. The third-order valence-electron chi connectivity index (χ3n) is 3.91. The minimum Gasteiger partial charge on any atom is -0.380 e. The zero-order valence-corrected chi connectivity index (χ0v) is 10.8. The minimum absolute atomic E-state index is 0.00545. The Bertz CT molecular complexity index is 305. The summed E-state index contributed by atoms with van der Waals surface area (Å²) in [5, 5.41) is 10.3. The lowest BCUT2D eigenvalue weighted by Crippen LogP contribution is -2.41. The van der Waals surface area contributed by atoms with Crippen molar-refractivity contribution in [1.82, 2.24) is 0 Å². The van der Waals surface area contributed by atoms with Crippen molar-refractivity contribution in [2.75, 3.05) is 0 Å². The lowest BCUT2D eigenvalue weighted by molar-refractivity contribution is -0.0114. The molecule has 90 valence electrons. The molecule has 2 aliphatic rings. The van der Waals surface area contributed by atoms with Gasteiger partial charge in [-0.2, -0.15) is 0 Å². The van der Waals surface area contributed by atoms with Crippen LogP contribution in [-0.2, 0) is 0 Å². The molecule has 0 heterocycles. The zero-order valence-electron chi connectivity index (χ0n) is 10.8. The van der Waals surface area contributed by atoms with Gasteiger partial charge in [-0.05, 0) is 46.0 Å². The summed E-state index contributed by atoms with van der Waals surface area (Å²) >= 11 is 0.